The second-order valence-corrected chi connectivity index (χ2v) is 8.15. The van der Waals surface area contributed by atoms with Crippen molar-refractivity contribution >= 4 is 45.9 Å². The number of nitrogens with one attached hydrogen (secondary N) is 1. The van der Waals surface area contributed by atoms with Crippen molar-refractivity contribution in [2.24, 2.45) is 10.7 Å². The standard InChI is InChI=1S/C18H19ClN4OS2/c1-11-22-15(10-25-11)17-6-4-13(26-17)7-8-21-18(20)23-12-3-5-16(24-2)14(19)9-12/h3-6,9-10H,7-8H2,1-2H3,(H3,20,21,23). The van der Waals surface area contributed by atoms with Crippen molar-refractivity contribution in [3.8, 4) is 16.3 Å². The Balaban J connectivity index is 1.55. The first-order chi connectivity index (χ1) is 12.5. The number of anilines is 1. The van der Waals surface area contributed by atoms with Crippen LogP contribution in [0.5, 0.6) is 5.75 Å². The molecule has 3 N–H and O–H groups in total. The zero-order valence-electron chi connectivity index (χ0n) is 14.5. The van der Waals surface area contributed by atoms with Crippen LogP contribution in [-0.4, -0.2) is 24.6 Å². The number of aromatic nitrogens is 1. The highest BCUT2D eigenvalue weighted by molar-refractivity contribution is 7.16. The molecule has 0 bridgehead atoms. The van der Waals surface area contributed by atoms with E-state index in [0.29, 0.717) is 23.3 Å². The number of nitrogens with two attached hydrogens (primary N) is 1. The molecule has 0 amide bonds. The molecule has 0 aliphatic carbocycles. The Morgan fingerprint density at radius 2 is 2.19 bits per heavy atom. The molecule has 0 radical (unpaired) electrons. The third-order valence-corrected chi connectivity index (χ3v) is 5.83. The highest BCUT2D eigenvalue weighted by Crippen LogP contribution is 2.29. The summed E-state index contributed by atoms with van der Waals surface area (Å²) in [5.74, 6) is 0.981. The Hall–Kier alpha value is -2.09. The summed E-state index contributed by atoms with van der Waals surface area (Å²) in [6, 6.07) is 9.61. The Morgan fingerprint density at radius 1 is 1.35 bits per heavy atom. The maximum Gasteiger partial charge on any atom is 0.193 e. The van der Waals surface area contributed by atoms with Crippen LogP contribution >= 0.6 is 34.3 Å². The molecule has 0 atom stereocenters. The summed E-state index contributed by atoms with van der Waals surface area (Å²) in [4.78, 5) is 11.3. The molecule has 0 spiro atoms. The van der Waals surface area contributed by atoms with Gasteiger partial charge >= 0.3 is 0 Å². The van der Waals surface area contributed by atoms with Crippen molar-refractivity contribution in [1.29, 1.82) is 0 Å². The molecule has 0 fully saturated rings. The minimum Gasteiger partial charge on any atom is -0.495 e. The first kappa shape index (κ1) is 18.7. The SMILES string of the molecule is COc1ccc(NC(N)=NCCc2ccc(-c3csc(C)n3)s2)cc1Cl. The van der Waals surface area contributed by atoms with E-state index in [4.69, 9.17) is 22.1 Å². The van der Waals surface area contributed by atoms with E-state index in [-0.39, 0.29) is 0 Å². The molecule has 0 unspecified atom stereocenters. The lowest BCUT2D eigenvalue weighted by molar-refractivity contribution is 0.415. The molecule has 2 aromatic heterocycles. The molecule has 3 aromatic rings. The lowest BCUT2D eigenvalue weighted by atomic mass is 10.3. The van der Waals surface area contributed by atoms with Gasteiger partial charge in [-0.3, -0.25) is 4.99 Å². The number of guanidine groups is 1. The minimum absolute atomic E-state index is 0.359. The van der Waals surface area contributed by atoms with Gasteiger partial charge in [0.15, 0.2) is 5.96 Å². The monoisotopic (exact) mass is 406 g/mol. The number of aryl methyl sites for hydroxylation is 1. The molecule has 26 heavy (non-hydrogen) atoms. The highest BCUT2D eigenvalue weighted by atomic mass is 35.5. The van der Waals surface area contributed by atoms with Gasteiger partial charge in [0.2, 0.25) is 0 Å². The summed E-state index contributed by atoms with van der Waals surface area (Å²) in [6.07, 6.45) is 0.833. The number of methoxy groups -OCH3 is 1. The van der Waals surface area contributed by atoms with Gasteiger partial charge in [-0.25, -0.2) is 4.98 Å². The van der Waals surface area contributed by atoms with Crippen LogP contribution in [0.4, 0.5) is 5.69 Å². The number of rotatable bonds is 6. The number of nitrogens with zero attached hydrogens (tertiary/aromatic N) is 2. The van der Waals surface area contributed by atoms with Crippen LogP contribution in [0.1, 0.15) is 9.88 Å². The fraction of sp³-hybridized carbons (Fsp3) is 0.222. The topological polar surface area (TPSA) is 72.5 Å². The molecule has 2 heterocycles. The lowest BCUT2D eigenvalue weighted by Crippen LogP contribution is -2.23. The molecule has 5 nitrogen and oxygen atoms in total. The van der Waals surface area contributed by atoms with Crippen LogP contribution in [-0.2, 0) is 6.42 Å². The van der Waals surface area contributed by atoms with Gasteiger partial charge in [0.1, 0.15) is 5.75 Å². The van der Waals surface area contributed by atoms with E-state index in [9.17, 15) is 0 Å². The zero-order valence-corrected chi connectivity index (χ0v) is 16.8. The number of thiophene rings is 1. The fourth-order valence-corrected chi connectivity index (χ4v) is 4.25. The molecule has 8 heteroatoms. The van der Waals surface area contributed by atoms with E-state index in [1.807, 2.05) is 13.0 Å². The molecule has 136 valence electrons. The number of ether oxygens (including phenoxy) is 1. The van der Waals surface area contributed by atoms with Gasteiger partial charge in [0.05, 0.1) is 27.7 Å². The van der Waals surface area contributed by atoms with Crippen molar-refractivity contribution in [2.45, 2.75) is 13.3 Å². The van der Waals surface area contributed by atoms with Gasteiger partial charge in [-0.15, -0.1) is 22.7 Å². The van der Waals surface area contributed by atoms with Crippen LogP contribution < -0.4 is 15.8 Å². The highest BCUT2D eigenvalue weighted by Gasteiger charge is 2.06. The normalized spacial score (nSPS) is 11.6. The van der Waals surface area contributed by atoms with Gasteiger partial charge in [-0.05, 0) is 37.3 Å². The molecule has 1 aromatic carbocycles. The Kier molecular flexibility index (Phi) is 6.13. The van der Waals surface area contributed by atoms with Crippen molar-refractivity contribution in [1.82, 2.24) is 4.98 Å². The number of hydrogen-bond donors (Lipinski definition) is 2. The smallest absolute Gasteiger partial charge is 0.193 e. The minimum atomic E-state index is 0.359. The molecular weight excluding hydrogens is 388 g/mol. The molecular formula is C18H19ClN4OS2. The predicted octanol–water partition coefficient (Wildman–Crippen LogP) is 4.81. The summed E-state index contributed by atoms with van der Waals surface area (Å²) in [6.45, 7) is 2.63. The van der Waals surface area contributed by atoms with Gasteiger partial charge in [0, 0.05) is 28.9 Å². The summed E-state index contributed by atoms with van der Waals surface area (Å²) >= 11 is 9.51. The van der Waals surface area contributed by atoms with Crippen LogP contribution in [0.15, 0.2) is 40.7 Å². The largest absolute Gasteiger partial charge is 0.495 e. The Bertz CT molecular complexity index is 920. The van der Waals surface area contributed by atoms with Gasteiger partial charge in [-0.1, -0.05) is 11.6 Å². The third kappa shape index (κ3) is 4.75. The Morgan fingerprint density at radius 3 is 2.88 bits per heavy atom. The van der Waals surface area contributed by atoms with Crippen molar-refractivity contribution in [3.63, 3.8) is 0 Å². The first-order valence-corrected chi connectivity index (χ1v) is 10.0. The van der Waals surface area contributed by atoms with E-state index in [1.165, 1.54) is 9.75 Å². The second kappa shape index (κ2) is 8.53. The number of halogens is 1. The molecule has 3 rings (SSSR count). The maximum absolute atomic E-state index is 6.10. The summed E-state index contributed by atoms with van der Waals surface area (Å²) in [5.41, 5.74) is 7.77. The molecule has 0 aliphatic heterocycles. The van der Waals surface area contributed by atoms with E-state index in [2.05, 4.69) is 32.8 Å². The summed E-state index contributed by atoms with van der Waals surface area (Å²) in [5, 5.41) is 6.73. The van der Waals surface area contributed by atoms with Gasteiger partial charge < -0.3 is 15.8 Å². The predicted molar refractivity (Wildman–Crippen MR) is 112 cm³/mol. The van der Waals surface area contributed by atoms with Crippen LogP contribution in [0.25, 0.3) is 10.6 Å². The second-order valence-electron chi connectivity index (χ2n) is 5.51. The van der Waals surface area contributed by atoms with Crippen LogP contribution in [0.2, 0.25) is 5.02 Å². The zero-order chi connectivity index (χ0) is 18.5. The number of hydrogen-bond acceptors (Lipinski definition) is 5. The summed E-state index contributed by atoms with van der Waals surface area (Å²) in [7, 11) is 1.58. The van der Waals surface area contributed by atoms with Crippen LogP contribution in [0.3, 0.4) is 0 Å². The van der Waals surface area contributed by atoms with E-state index >= 15 is 0 Å². The quantitative estimate of drug-likeness (QED) is 0.455. The molecule has 0 saturated carbocycles. The van der Waals surface area contributed by atoms with E-state index < -0.39 is 0 Å². The van der Waals surface area contributed by atoms with Crippen molar-refractivity contribution < 1.29 is 4.74 Å². The summed E-state index contributed by atoms with van der Waals surface area (Å²) < 4.78 is 5.13. The lowest BCUT2D eigenvalue weighted by Gasteiger charge is -2.08. The van der Waals surface area contributed by atoms with Crippen molar-refractivity contribution in [3.05, 3.63) is 50.6 Å². The maximum atomic E-state index is 6.10. The number of thiazole rings is 1. The average Bonchev–Trinajstić information content (AvgIpc) is 3.24. The Labute approximate surface area is 165 Å². The number of benzene rings is 1. The van der Waals surface area contributed by atoms with Gasteiger partial charge in [0.25, 0.3) is 0 Å². The molecule has 0 saturated heterocycles. The van der Waals surface area contributed by atoms with E-state index in [1.54, 1.807) is 41.9 Å². The number of aliphatic imine (C=N–C) groups is 1. The van der Waals surface area contributed by atoms with E-state index in [0.717, 1.165) is 22.8 Å². The third-order valence-electron chi connectivity index (χ3n) is 3.60. The molecule has 0 aliphatic rings. The van der Waals surface area contributed by atoms with Crippen LogP contribution in [0, 0.1) is 6.92 Å². The fourth-order valence-electron chi connectivity index (χ4n) is 2.34. The van der Waals surface area contributed by atoms with Crippen molar-refractivity contribution in [2.75, 3.05) is 19.0 Å². The average molecular weight is 407 g/mol. The first-order valence-electron chi connectivity index (χ1n) is 7.97. The van der Waals surface area contributed by atoms with Gasteiger partial charge in [-0.2, -0.15) is 0 Å².